The van der Waals surface area contributed by atoms with Gasteiger partial charge in [0.05, 0.1) is 13.2 Å². The summed E-state index contributed by atoms with van der Waals surface area (Å²) >= 11 is 0. The van der Waals surface area contributed by atoms with Crippen molar-refractivity contribution < 1.29 is 14.4 Å². The first-order valence-electron chi connectivity index (χ1n) is 7.50. The van der Waals surface area contributed by atoms with Crippen LogP contribution in [0.1, 0.15) is 36.2 Å². The molecule has 1 fully saturated rings. The second-order valence-electron chi connectivity index (χ2n) is 5.52. The average molecular weight is 277 g/mol. The second-order valence-corrected chi connectivity index (χ2v) is 5.52. The van der Waals surface area contributed by atoms with E-state index in [-0.39, 0.29) is 11.9 Å². The van der Waals surface area contributed by atoms with Gasteiger partial charge in [-0.2, -0.15) is 0 Å². The molecule has 1 amide bonds. The highest BCUT2D eigenvalue weighted by atomic mass is 16.5. The second kappa shape index (κ2) is 7.41. The molecule has 0 radical (unpaired) electrons. The highest BCUT2D eigenvalue weighted by molar-refractivity contribution is 5.94. The van der Waals surface area contributed by atoms with Crippen LogP contribution in [0.4, 0.5) is 0 Å². The van der Waals surface area contributed by atoms with Gasteiger partial charge in [-0.3, -0.25) is 4.79 Å². The molecule has 1 aliphatic heterocycles. The summed E-state index contributed by atoms with van der Waals surface area (Å²) in [6, 6.07) is 8.20. The summed E-state index contributed by atoms with van der Waals surface area (Å²) < 4.78 is 5.36. The summed E-state index contributed by atoms with van der Waals surface area (Å²) in [6.45, 7) is 8.94. The van der Waals surface area contributed by atoms with Gasteiger partial charge in [0.25, 0.3) is 5.91 Å². The van der Waals surface area contributed by atoms with Crippen molar-refractivity contribution in [1.82, 2.24) is 5.32 Å². The van der Waals surface area contributed by atoms with Crippen LogP contribution in [0.25, 0.3) is 0 Å². The maximum atomic E-state index is 12.0. The molecule has 1 saturated heterocycles. The van der Waals surface area contributed by atoms with Gasteiger partial charge in [0.15, 0.2) is 0 Å². The number of carbonyl (C=O) groups is 1. The quantitative estimate of drug-likeness (QED) is 0.829. The molecule has 0 unspecified atom stereocenters. The van der Waals surface area contributed by atoms with Crippen LogP contribution in [0.2, 0.25) is 0 Å². The van der Waals surface area contributed by atoms with Crippen molar-refractivity contribution in [3.63, 3.8) is 0 Å². The fourth-order valence-electron chi connectivity index (χ4n) is 2.31. The number of benzene rings is 1. The molecule has 0 spiro atoms. The predicted molar refractivity (Wildman–Crippen MR) is 78.9 cm³/mol. The number of rotatable bonds is 5. The van der Waals surface area contributed by atoms with Crippen molar-refractivity contribution >= 4 is 5.91 Å². The Morgan fingerprint density at radius 1 is 1.30 bits per heavy atom. The van der Waals surface area contributed by atoms with E-state index in [0.29, 0.717) is 0 Å². The lowest BCUT2D eigenvalue weighted by Crippen LogP contribution is -3.12. The Labute approximate surface area is 121 Å². The summed E-state index contributed by atoms with van der Waals surface area (Å²) in [5.74, 6) is 0.0182. The Bertz CT molecular complexity index is 425. The van der Waals surface area contributed by atoms with Gasteiger partial charge in [-0.1, -0.05) is 19.1 Å². The molecule has 2 N–H and O–H groups in total. The van der Waals surface area contributed by atoms with E-state index in [1.54, 1.807) is 4.90 Å². The number of amides is 1. The molecule has 0 aliphatic carbocycles. The predicted octanol–water partition coefficient (Wildman–Crippen LogP) is 0.630. The van der Waals surface area contributed by atoms with E-state index in [0.717, 1.165) is 44.8 Å². The molecule has 1 heterocycles. The van der Waals surface area contributed by atoms with Gasteiger partial charge in [-0.25, -0.2) is 0 Å². The maximum Gasteiger partial charge on any atom is 0.251 e. The summed E-state index contributed by atoms with van der Waals surface area (Å²) in [5, 5.41) is 2.99. The third kappa shape index (κ3) is 4.32. The smallest absolute Gasteiger partial charge is 0.251 e. The molecule has 0 saturated carbocycles. The number of hydrogen-bond acceptors (Lipinski definition) is 2. The first-order chi connectivity index (χ1) is 9.69. The average Bonchev–Trinajstić information content (AvgIpc) is 2.49. The van der Waals surface area contributed by atoms with Crippen LogP contribution < -0.4 is 10.2 Å². The molecule has 1 atom stereocenters. The third-order valence-electron chi connectivity index (χ3n) is 3.86. The van der Waals surface area contributed by atoms with Gasteiger partial charge in [-0.15, -0.1) is 0 Å². The summed E-state index contributed by atoms with van der Waals surface area (Å²) in [4.78, 5) is 13.5. The van der Waals surface area contributed by atoms with E-state index in [1.165, 1.54) is 5.56 Å². The number of hydrogen-bond donors (Lipinski definition) is 2. The highest BCUT2D eigenvalue weighted by Gasteiger charge is 2.14. The molecule has 20 heavy (non-hydrogen) atoms. The van der Waals surface area contributed by atoms with Crippen LogP contribution >= 0.6 is 0 Å². The lowest BCUT2D eigenvalue weighted by molar-refractivity contribution is -0.921. The molecule has 4 nitrogen and oxygen atoms in total. The molecule has 110 valence electrons. The molecular formula is C16H25N2O2+. The summed E-state index contributed by atoms with van der Waals surface area (Å²) in [7, 11) is 0. The first kappa shape index (κ1) is 15.0. The van der Waals surface area contributed by atoms with Crippen molar-refractivity contribution in [3.8, 4) is 0 Å². The van der Waals surface area contributed by atoms with Gasteiger partial charge in [0, 0.05) is 17.2 Å². The monoisotopic (exact) mass is 277 g/mol. The number of ether oxygens (including phenoxy) is 1. The van der Waals surface area contributed by atoms with E-state index in [4.69, 9.17) is 4.74 Å². The van der Waals surface area contributed by atoms with Gasteiger partial charge in [0.1, 0.15) is 19.6 Å². The van der Waals surface area contributed by atoms with Crippen molar-refractivity contribution in [1.29, 1.82) is 0 Å². The standard InChI is InChI=1S/C16H24N2O2/c1-3-13(2)17-16(19)15-6-4-14(5-7-15)12-18-8-10-20-11-9-18/h4-7,13H,3,8-12H2,1-2H3,(H,17,19)/p+1/t13-/m1/s1. The van der Waals surface area contributed by atoms with Gasteiger partial charge < -0.3 is 15.0 Å². The molecule has 4 heteroatoms. The minimum atomic E-state index is 0.0182. The van der Waals surface area contributed by atoms with Crippen molar-refractivity contribution in [2.75, 3.05) is 26.3 Å². The van der Waals surface area contributed by atoms with Gasteiger partial charge in [-0.05, 0) is 25.5 Å². The number of morpholine rings is 1. The van der Waals surface area contributed by atoms with Crippen molar-refractivity contribution in [3.05, 3.63) is 35.4 Å². The molecule has 0 bridgehead atoms. The van der Waals surface area contributed by atoms with E-state index in [2.05, 4.69) is 24.4 Å². The minimum Gasteiger partial charge on any atom is -0.370 e. The van der Waals surface area contributed by atoms with E-state index < -0.39 is 0 Å². The fourth-order valence-corrected chi connectivity index (χ4v) is 2.31. The van der Waals surface area contributed by atoms with E-state index >= 15 is 0 Å². The molecule has 1 aromatic rings. The Hall–Kier alpha value is -1.39. The minimum absolute atomic E-state index is 0.0182. The van der Waals surface area contributed by atoms with Crippen molar-refractivity contribution in [2.24, 2.45) is 0 Å². The fraction of sp³-hybridized carbons (Fsp3) is 0.562. The number of quaternary nitrogens is 1. The molecule has 0 aromatic heterocycles. The van der Waals surface area contributed by atoms with Crippen molar-refractivity contribution in [2.45, 2.75) is 32.9 Å². The lowest BCUT2D eigenvalue weighted by Gasteiger charge is -2.23. The van der Waals surface area contributed by atoms with E-state index in [1.807, 2.05) is 19.1 Å². The summed E-state index contributed by atoms with van der Waals surface area (Å²) in [5.41, 5.74) is 2.02. The van der Waals surface area contributed by atoms with Gasteiger partial charge in [0.2, 0.25) is 0 Å². The molecular weight excluding hydrogens is 252 g/mol. The summed E-state index contributed by atoms with van der Waals surface area (Å²) in [6.07, 6.45) is 0.949. The normalized spacial score (nSPS) is 17.7. The van der Waals surface area contributed by atoms with Crippen LogP contribution in [-0.2, 0) is 11.3 Å². The lowest BCUT2D eigenvalue weighted by atomic mass is 10.1. The topological polar surface area (TPSA) is 42.8 Å². The van der Waals surface area contributed by atoms with Crippen LogP contribution in [0.15, 0.2) is 24.3 Å². The van der Waals surface area contributed by atoms with Crippen LogP contribution in [0.5, 0.6) is 0 Å². The van der Waals surface area contributed by atoms with Crippen LogP contribution in [0.3, 0.4) is 0 Å². The zero-order valence-electron chi connectivity index (χ0n) is 12.4. The highest BCUT2D eigenvalue weighted by Crippen LogP contribution is 2.04. The zero-order valence-corrected chi connectivity index (χ0v) is 12.4. The Balaban J connectivity index is 1.90. The van der Waals surface area contributed by atoms with Gasteiger partial charge >= 0.3 is 0 Å². The van der Waals surface area contributed by atoms with Crippen LogP contribution in [0, 0.1) is 0 Å². The third-order valence-corrected chi connectivity index (χ3v) is 3.86. The zero-order chi connectivity index (χ0) is 14.4. The number of carbonyl (C=O) groups excluding carboxylic acids is 1. The largest absolute Gasteiger partial charge is 0.370 e. The maximum absolute atomic E-state index is 12.0. The molecule has 2 rings (SSSR count). The van der Waals surface area contributed by atoms with E-state index in [9.17, 15) is 4.79 Å². The van der Waals surface area contributed by atoms with Crippen LogP contribution in [-0.4, -0.2) is 38.3 Å². The molecule has 1 aliphatic rings. The Morgan fingerprint density at radius 3 is 2.55 bits per heavy atom. The number of nitrogens with one attached hydrogen (secondary N) is 2. The Morgan fingerprint density at radius 2 is 1.95 bits per heavy atom. The Kier molecular flexibility index (Phi) is 5.56. The first-order valence-corrected chi connectivity index (χ1v) is 7.50. The molecule has 1 aromatic carbocycles. The SMILES string of the molecule is CC[C@@H](C)NC(=O)c1ccc(C[NH+]2CCOCC2)cc1.